The van der Waals surface area contributed by atoms with E-state index in [0.717, 1.165) is 38.6 Å². The highest BCUT2D eigenvalue weighted by atomic mass is 16.6. The van der Waals surface area contributed by atoms with Gasteiger partial charge in [-0.25, -0.2) is 4.79 Å². The number of alkyl carbamates (subject to hydrolysis) is 1. The summed E-state index contributed by atoms with van der Waals surface area (Å²) in [6.07, 6.45) is 4.35. The Hall–Kier alpha value is -0.810. The number of carbonyl (C=O) groups excluding carboxylic acids is 1. The Kier molecular flexibility index (Phi) is 6.76. The van der Waals surface area contributed by atoms with Crippen molar-refractivity contribution in [3.8, 4) is 0 Å². The molecular weight excluding hydrogens is 256 g/mol. The van der Waals surface area contributed by atoms with Crippen LogP contribution in [-0.4, -0.2) is 41.5 Å². The predicted molar refractivity (Wildman–Crippen MR) is 79.7 cm³/mol. The molecule has 1 aliphatic carbocycles. The zero-order chi connectivity index (χ0) is 15.2. The lowest BCUT2D eigenvalue weighted by molar-refractivity contribution is 0.0488. The summed E-state index contributed by atoms with van der Waals surface area (Å²) in [5, 5.41) is 15.7. The van der Waals surface area contributed by atoms with Crippen LogP contribution < -0.4 is 10.6 Å². The molecule has 3 unspecified atom stereocenters. The third kappa shape index (κ3) is 7.70. The first-order valence-electron chi connectivity index (χ1n) is 7.67. The molecule has 0 aliphatic heterocycles. The Morgan fingerprint density at radius 2 is 2.00 bits per heavy atom. The van der Waals surface area contributed by atoms with E-state index in [9.17, 15) is 9.90 Å². The van der Waals surface area contributed by atoms with Crippen molar-refractivity contribution in [3.63, 3.8) is 0 Å². The SMILES string of the molecule is CC(O)CCNC1CCCC(NC(=O)OC(C)(C)C)C1. The van der Waals surface area contributed by atoms with Gasteiger partial charge >= 0.3 is 6.09 Å². The second kappa shape index (κ2) is 7.84. The Balaban J connectivity index is 2.28. The number of aliphatic hydroxyl groups is 1. The van der Waals surface area contributed by atoms with Crippen molar-refractivity contribution >= 4 is 6.09 Å². The summed E-state index contributed by atoms with van der Waals surface area (Å²) in [4.78, 5) is 11.8. The van der Waals surface area contributed by atoms with Crippen LogP contribution in [0.4, 0.5) is 4.79 Å². The fraction of sp³-hybridized carbons (Fsp3) is 0.933. The van der Waals surface area contributed by atoms with Crippen molar-refractivity contribution in [2.75, 3.05) is 6.54 Å². The molecule has 0 radical (unpaired) electrons. The minimum absolute atomic E-state index is 0.183. The van der Waals surface area contributed by atoms with Crippen LogP contribution in [0, 0.1) is 0 Å². The molecule has 1 rings (SSSR count). The molecule has 0 heterocycles. The van der Waals surface area contributed by atoms with Crippen molar-refractivity contribution < 1.29 is 14.6 Å². The van der Waals surface area contributed by atoms with E-state index in [-0.39, 0.29) is 18.2 Å². The van der Waals surface area contributed by atoms with Gasteiger partial charge in [-0.3, -0.25) is 0 Å². The summed E-state index contributed by atoms with van der Waals surface area (Å²) < 4.78 is 5.28. The van der Waals surface area contributed by atoms with Gasteiger partial charge in [0.2, 0.25) is 0 Å². The zero-order valence-electron chi connectivity index (χ0n) is 13.2. The molecule has 0 spiro atoms. The summed E-state index contributed by atoms with van der Waals surface area (Å²) in [7, 11) is 0. The third-order valence-corrected chi connectivity index (χ3v) is 3.39. The molecule has 0 bridgehead atoms. The van der Waals surface area contributed by atoms with E-state index in [4.69, 9.17) is 4.74 Å². The van der Waals surface area contributed by atoms with Crippen molar-refractivity contribution in [2.45, 2.75) is 83.6 Å². The number of amides is 1. The fourth-order valence-electron chi connectivity index (χ4n) is 2.48. The van der Waals surface area contributed by atoms with Gasteiger partial charge in [-0.15, -0.1) is 0 Å². The van der Waals surface area contributed by atoms with Crippen LogP contribution in [0.25, 0.3) is 0 Å². The van der Waals surface area contributed by atoms with Gasteiger partial charge in [0.1, 0.15) is 5.60 Å². The van der Waals surface area contributed by atoms with Gasteiger partial charge in [-0.2, -0.15) is 0 Å². The monoisotopic (exact) mass is 286 g/mol. The van der Waals surface area contributed by atoms with Gasteiger partial charge in [0.15, 0.2) is 0 Å². The maximum absolute atomic E-state index is 11.8. The van der Waals surface area contributed by atoms with Crippen molar-refractivity contribution in [3.05, 3.63) is 0 Å². The molecule has 0 aromatic rings. The van der Waals surface area contributed by atoms with Gasteiger partial charge in [0.05, 0.1) is 6.10 Å². The van der Waals surface area contributed by atoms with E-state index in [0.29, 0.717) is 6.04 Å². The smallest absolute Gasteiger partial charge is 0.407 e. The van der Waals surface area contributed by atoms with E-state index < -0.39 is 5.60 Å². The second-order valence-corrected chi connectivity index (χ2v) is 6.80. The summed E-state index contributed by atoms with van der Waals surface area (Å²) in [5.74, 6) is 0. The molecular formula is C15H30N2O3. The quantitative estimate of drug-likeness (QED) is 0.724. The fourth-order valence-corrected chi connectivity index (χ4v) is 2.48. The first-order chi connectivity index (χ1) is 9.26. The van der Waals surface area contributed by atoms with Crippen molar-refractivity contribution in [2.24, 2.45) is 0 Å². The summed E-state index contributed by atoms with van der Waals surface area (Å²) in [6, 6.07) is 0.602. The maximum Gasteiger partial charge on any atom is 0.407 e. The first-order valence-corrected chi connectivity index (χ1v) is 7.67. The van der Waals surface area contributed by atoms with Gasteiger partial charge in [0, 0.05) is 12.1 Å². The molecule has 0 aromatic carbocycles. The van der Waals surface area contributed by atoms with Gasteiger partial charge in [0.25, 0.3) is 0 Å². The average Bonchev–Trinajstić information content (AvgIpc) is 2.26. The topological polar surface area (TPSA) is 70.6 Å². The highest BCUT2D eigenvalue weighted by molar-refractivity contribution is 5.68. The number of carbonyl (C=O) groups is 1. The molecule has 1 fully saturated rings. The standard InChI is InChI=1S/C15H30N2O3/c1-11(18)8-9-16-12-6-5-7-13(10-12)17-14(19)20-15(2,3)4/h11-13,16,18H,5-10H2,1-4H3,(H,17,19). The minimum atomic E-state index is -0.451. The number of rotatable bonds is 5. The first kappa shape index (κ1) is 17.2. The summed E-state index contributed by atoms with van der Waals surface area (Å²) in [5.41, 5.74) is -0.451. The van der Waals surface area contributed by atoms with E-state index >= 15 is 0 Å². The lowest BCUT2D eigenvalue weighted by atomic mass is 9.91. The normalized spacial score (nSPS) is 25.1. The Morgan fingerprint density at radius 3 is 2.60 bits per heavy atom. The Morgan fingerprint density at radius 1 is 1.35 bits per heavy atom. The molecule has 1 amide bonds. The zero-order valence-corrected chi connectivity index (χ0v) is 13.2. The largest absolute Gasteiger partial charge is 0.444 e. The molecule has 3 atom stereocenters. The van der Waals surface area contributed by atoms with E-state index in [1.54, 1.807) is 6.92 Å². The van der Waals surface area contributed by atoms with Crippen LogP contribution in [0.2, 0.25) is 0 Å². The van der Waals surface area contributed by atoms with Gasteiger partial charge in [-0.1, -0.05) is 0 Å². The molecule has 0 saturated heterocycles. The molecule has 118 valence electrons. The Labute approximate surface area is 122 Å². The van der Waals surface area contributed by atoms with E-state index in [1.807, 2.05) is 20.8 Å². The van der Waals surface area contributed by atoms with Gasteiger partial charge < -0.3 is 20.5 Å². The van der Waals surface area contributed by atoms with Crippen LogP contribution in [0.3, 0.4) is 0 Å². The van der Waals surface area contributed by atoms with Crippen molar-refractivity contribution in [1.29, 1.82) is 0 Å². The van der Waals surface area contributed by atoms with Gasteiger partial charge in [-0.05, 0) is 66.3 Å². The number of aliphatic hydroxyl groups excluding tert-OH is 1. The Bertz CT molecular complexity index is 300. The third-order valence-electron chi connectivity index (χ3n) is 3.39. The lowest BCUT2D eigenvalue weighted by Crippen LogP contribution is -2.46. The second-order valence-electron chi connectivity index (χ2n) is 6.80. The number of hydrogen-bond donors (Lipinski definition) is 3. The number of hydrogen-bond acceptors (Lipinski definition) is 4. The predicted octanol–water partition coefficient (Wildman–Crippen LogP) is 2.18. The number of ether oxygens (including phenoxy) is 1. The highest BCUT2D eigenvalue weighted by Crippen LogP contribution is 2.19. The molecule has 0 aromatic heterocycles. The lowest BCUT2D eigenvalue weighted by Gasteiger charge is -2.31. The minimum Gasteiger partial charge on any atom is -0.444 e. The van der Waals surface area contributed by atoms with Crippen LogP contribution in [0.15, 0.2) is 0 Å². The molecule has 5 heteroatoms. The summed E-state index contributed by atoms with van der Waals surface area (Å²) in [6.45, 7) is 8.23. The highest BCUT2D eigenvalue weighted by Gasteiger charge is 2.25. The molecule has 20 heavy (non-hydrogen) atoms. The van der Waals surface area contributed by atoms with Crippen LogP contribution in [0.5, 0.6) is 0 Å². The van der Waals surface area contributed by atoms with E-state index in [1.165, 1.54) is 0 Å². The maximum atomic E-state index is 11.8. The van der Waals surface area contributed by atoms with Crippen LogP contribution in [-0.2, 0) is 4.74 Å². The molecule has 3 N–H and O–H groups in total. The molecule has 1 aliphatic rings. The number of nitrogens with one attached hydrogen (secondary N) is 2. The van der Waals surface area contributed by atoms with Crippen LogP contribution in [0.1, 0.15) is 59.8 Å². The van der Waals surface area contributed by atoms with Crippen molar-refractivity contribution in [1.82, 2.24) is 10.6 Å². The molecule has 1 saturated carbocycles. The average molecular weight is 286 g/mol. The van der Waals surface area contributed by atoms with Crippen LogP contribution >= 0.6 is 0 Å². The van der Waals surface area contributed by atoms with E-state index in [2.05, 4.69) is 10.6 Å². The summed E-state index contributed by atoms with van der Waals surface area (Å²) >= 11 is 0. The molecule has 5 nitrogen and oxygen atoms in total.